The number of H-pyrrole nitrogens is 1. The molecule has 0 bridgehead atoms. The topological polar surface area (TPSA) is 45.8 Å². The van der Waals surface area contributed by atoms with Gasteiger partial charge in [0, 0.05) is 16.9 Å². The number of aromatic amines is 1. The van der Waals surface area contributed by atoms with Gasteiger partial charge in [0.25, 0.3) is 5.56 Å². The lowest BCUT2D eigenvalue weighted by atomic mass is 10.0. The normalized spacial score (nSPS) is 11.1. The third-order valence-electron chi connectivity index (χ3n) is 4.17. The molecule has 5 heteroatoms. The standard InChI is InChI=1S/C20H15FN2OS/c1-12-17(13-7-3-2-4-8-13)18-19(24)22-16(23-20(18)25-12)11-14-9-5-6-10-15(14)21/h2-10H,11H2,1H3,(H,22,23,24). The number of hydrogen-bond donors (Lipinski definition) is 1. The summed E-state index contributed by atoms with van der Waals surface area (Å²) in [6.45, 7) is 1.99. The third-order valence-corrected chi connectivity index (χ3v) is 5.16. The van der Waals surface area contributed by atoms with E-state index in [4.69, 9.17) is 0 Å². The molecule has 0 radical (unpaired) electrons. The Hall–Kier alpha value is -2.79. The number of halogens is 1. The van der Waals surface area contributed by atoms with Crippen LogP contribution in [0.15, 0.2) is 59.4 Å². The lowest BCUT2D eigenvalue weighted by molar-refractivity contribution is 0.612. The van der Waals surface area contributed by atoms with E-state index >= 15 is 0 Å². The lowest BCUT2D eigenvalue weighted by Crippen LogP contribution is -2.12. The molecule has 0 aliphatic carbocycles. The van der Waals surface area contributed by atoms with Crippen molar-refractivity contribution in [1.29, 1.82) is 0 Å². The molecule has 0 unspecified atom stereocenters. The second-order valence-corrected chi connectivity index (χ2v) is 7.06. The molecule has 0 atom stereocenters. The zero-order valence-corrected chi connectivity index (χ0v) is 14.4. The fourth-order valence-corrected chi connectivity index (χ4v) is 4.09. The van der Waals surface area contributed by atoms with Gasteiger partial charge in [0.2, 0.25) is 0 Å². The Balaban J connectivity index is 1.85. The Labute approximate surface area is 147 Å². The van der Waals surface area contributed by atoms with E-state index in [2.05, 4.69) is 9.97 Å². The number of nitrogens with zero attached hydrogens (tertiary/aromatic N) is 1. The van der Waals surface area contributed by atoms with Gasteiger partial charge in [0.1, 0.15) is 16.5 Å². The Morgan fingerprint density at radius 1 is 1.08 bits per heavy atom. The van der Waals surface area contributed by atoms with E-state index in [9.17, 15) is 9.18 Å². The number of thiophene rings is 1. The molecule has 2 aromatic carbocycles. The van der Waals surface area contributed by atoms with Crippen LogP contribution >= 0.6 is 11.3 Å². The van der Waals surface area contributed by atoms with Gasteiger partial charge in [-0.05, 0) is 24.1 Å². The Morgan fingerprint density at radius 2 is 1.80 bits per heavy atom. The second kappa shape index (κ2) is 6.26. The van der Waals surface area contributed by atoms with Crippen LogP contribution in [0.4, 0.5) is 4.39 Å². The predicted molar refractivity (Wildman–Crippen MR) is 99.6 cm³/mol. The fourth-order valence-electron chi connectivity index (χ4n) is 3.02. The molecule has 4 aromatic rings. The van der Waals surface area contributed by atoms with Crippen molar-refractivity contribution in [2.45, 2.75) is 13.3 Å². The highest BCUT2D eigenvalue weighted by Gasteiger charge is 2.16. The number of benzene rings is 2. The van der Waals surface area contributed by atoms with Gasteiger partial charge < -0.3 is 4.98 Å². The van der Waals surface area contributed by atoms with E-state index in [0.717, 1.165) is 16.0 Å². The lowest BCUT2D eigenvalue weighted by Gasteiger charge is -2.04. The SMILES string of the molecule is Cc1sc2nc(Cc3ccccc3F)[nH]c(=O)c2c1-c1ccccc1. The quantitative estimate of drug-likeness (QED) is 0.583. The van der Waals surface area contributed by atoms with Crippen molar-refractivity contribution >= 4 is 21.6 Å². The average molecular weight is 350 g/mol. The van der Waals surface area contributed by atoms with Crippen LogP contribution in [-0.2, 0) is 6.42 Å². The molecule has 0 saturated heterocycles. The summed E-state index contributed by atoms with van der Waals surface area (Å²) in [5, 5.41) is 0.603. The van der Waals surface area contributed by atoms with Crippen molar-refractivity contribution in [3.8, 4) is 11.1 Å². The summed E-state index contributed by atoms with van der Waals surface area (Å²) in [5.41, 5.74) is 2.26. The van der Waals surface area contributed by atoms with Crippen molar-refractivity contribution in [2.75, 3.05) is 0 Å². The van der Waals surface area contributed by atoms with Crippen molar-refractivity contribution < 1.29 is 4.39 Å². The number of aromatic nitrogens is 2. The van der Waals surface area contributed by atoms with Crippen LogP contribution in [0.25, 0.3) is 21.3 Å². The largest absolute Gasteiger partial charge is 0.310 e. The minimum Gasteiger partial charge on any atom is -0.310 e. The van der Waals surface area contributed by atoms with Crippen LogP contribution in [0, 0.1) is 12.7 Å². The molecule has 0 spiro atoms. The average Bonchev–Trinajstić information content (AvgIpc) is 2.94. The summed E-state index contributed by atoms with van der Waals surface area (Å²) < 4.78 is 13.9. The molecule has 0 amide bonds. The molecule has 2 heterocycles. The highest BCUT2D eigenvalue weighted by molar-refractivity contribution is 7.19. The predicted octanol–water partition coefficient (Wildman–Crippen LogP) is 4.69. The molecule has 0 aliphatic heterocycles. The third kappa shape index (κ3) is 2.87. The molecule has 25 heavy (non-hydrogen) atoms. The van der Waals surface area contributed by atoms with E-state index in [1.807, 2.05) is 37.3 Å². The first kappa shape index (κ1) is 15.7. The maximum absolute atomic E-state index is 13.9. The second-order valence-electron chi connectivity index (χ2n) is 5.86. The molecule has 4 rings (SSSR count). The van der Waals surface area contributed by atoms with Gasteiger partial charge in [-0.15, -0.1) is 11.3 Å². The molecular weight excluding hydrogens is 335 g/mol. The summed E-state index contributed by atoms with van der Waals surface area (Å²) in [5.74, 6) is 0.182. The summed E-state index contributed by atoms with van der Waals surface area (Å²) in [6, 6.07) is 16.4. The minimum absolute atomic E-state index is 0.181. The summed E-state index contributed by atoms with van der Waals surface area (Å²) >= 11 is 1.49. The number of aryl methyl sites for hydroxylation is 1. The maximum Gasteiger partial charge on any atom is 0.260 e. The van der Waals surface area contributed by atoms with Gasteiger partial charge in [-0.25, -0.2) is 9.37 Å². The maximum atomic E-state index is 13.9. The zero-order chi connectivity index (χ0) is 17.4. The zero-order valence-electron chi connectivity index (χ0n) is 13.5. The van der Waals surface area contributed by atoms with Crippen LogP contribution in [0.1, 0.15) is 16.3 Å². The van der Waals surface area contributed by atoms with Crippen LogP contribution in [0.2, 0.25) is 0 Å². The number of nitrogens with one attached hydrogen (secondary N) is 1. The van der Waals surface area contributed by atoms with Gasteiger partial charge in [-0.3, -0.25) is 4.79 Å². The highest BCUT2D eigenvalue weighted by atomic mass is 32.1. The number of rotatable bonds is 3. The van der Waals surface area contributed by atoms with Gasteiger partial charge in [0.15, 0.2) is 0 Å². The molecule has 0 saturated carbocycles. The van der Waals surface area contributed by atoms with E-state index < -0.39 is 0 Å². The van der Waals surface area contributed by atoms with Crippen molar-refractivity contribution in [1.82, 2.24) is 9.97 Å². The number of fused-ring (bicyclic) bond motifs is 1. The summed E-state index contributed by atoms with van der Waals surface area (Å²) in [6.07, 6.45) is 0.259. The fraction of sp³-hybridized carbons (Fsp3) is 0.100. The molecule has 0 fully saturated rings. The molecule has 124 valence electrons. The molecule has 3 nitrogen and oxygen atoms in total. The van der Waals surface area contributed by atoms with Crippen LogP contribution in [0.3, 0.4) is 0 Å². The smallest absolute Gasteiger partial charge is 0.260 e. The molecular formula is C20H15FN2OS. The van der Waals surface area contributed by atoms with Gasteiger partial charge in [-0.2, -0.15) is 0 Å². The van der Waals surface area contributed by atoms with Crippen molar-refractivity contribution in [2.24, 2.45) is 0 Å². The van der Waals surface area contributed by atoms with Crippen molar-refractivity contribution in [3.05, 3.63) is 87.0 Å². The first-order chi connectivity index (χ1) is 12.1. The summed E-state index contributed by atoms with van der Waals surface area (Å²) in [7, 11) is 0. The molecule has 1 N–H and O–H groups in total. The van der Waals surface area contributed by atoms with Crippen LogP contribution in [0.5, 0.6) is 0 Å². The Kier molecular flexibility index (Phi) is 3.93. The van der Waals surface area contributed by atoms with Crippen LogP contribution in [-0.4, -0.2) is 9.97 Å². The Morgan fingerprint density at radius 3 is 2.56 bits per heavy atom. The van der Waals surface area contributed by atoms with Gasteiger partial charge in [-0.1, -0.05) is 48.5 Å². The number of hydrogen-bond acceptors (Lipinski definition) is 3. The highest BCUT2D eigenvalue weighted by Crippen LogP contribution is 2.35. The van der Waals surface area contributed by atoms with E-state index in [0.29, 0.717) is 21.6 Å². The van der Waals surface area contributed by atoms with Gasteiger partial charge >= 0.3 is 0 Å². The molecule has 0 aliphatic rings. The van der Waals surface area contributed by atoms with Gasteiger partial charge in [0.05, 0.1) is 5.39 Å². The minimum atomic E-state index is -0.294. The van der Waals surface area contributed by atoms with E-state index in [1.165, 1.54) is 17.4 Å². The van der Waals surface area contributed by atoms with Crippen LogP contribution < -0.4 is 5.56 Å². The summed E-state index contributed by atoms with van der Waals surface area (Å²) in [4.78, 5) is 21.8. The first-order valence-corrected chi connectivity index (χ1v) is 8.76. The van der Waals surface area contributed by atoms with Crippen molar-refractivity contribution in [3.63, 3.8) is 0 Å². The first-order valence-electron chi connectivity index (χ1n) is 7.94. The van der Waals surface area contributed by atoms with E-state index in [1.54, 1.807) is 18.2 Å². The molecule has 2 aromatic heterocycles. The Bertz CT molecular complexity index is 1120. The van der Waals surface area contributed by atoms with E-state index in [-0.39, 0.29) is 17.8 Å². The monoisotopic (exact) mass is 350 g/mol.